The molecule has 2 aromatic rings. The van der Waals surface area contributed by atoms with Gasteiger partial charge in [0.15, 0.2) is 12.4 Å². The second-order valence-corrected chi connectivity index (χ2v) is 3.04. The van der Waals surface area contributed by atoms with Gasteiger partial charge in [-0.2, -0.15) is 4.57 Å². The highest BCUT2D eigenvalue weighted by molar-refractivity contribution is 5.45. The van der Waals surface area contributed by atoms with Crippen LogP contribution >= 0.6 is 0 Å². The molecule has 15 heavy (non-hydrogen) atoms. The van der Waals surface area contributed by atoms with Crippen molar-refractivity contribution in [1.29, 1.82) is 0 Å². The van der Waals surface area contributed by atoms with E-state index >= 15 is 0 Å². The van der Waals surface area contributed by atoms with Crippen LogP contribution in [-0.4, -0.2) is 10.1 Å². The average molecular weight is 202 g/mol. The summed E-state index contributed by atoms with van der Waals surface area (Å²) in [5.74, 6) is 0. The maximum atomic E-state index is 10.9. The molecular formula is C11H10N2O2+2. The van der Waals surface area contributed by atoms with Crippen LogP contribution in [0.4, 0.5) is 5.69 Å². The zero-order chi connectivity index (χ0) is 10.7. The molecule has 0 spiro atoms. The number of benzene rings is 1. The molecule has 0 unspecified atom stereocenters. The van der Waals surface area contributed by atoms with Gasteiger partial charge in [-0.3, -0.25) is 0 Å². The van der Waals surface area contributed by atoms with Gasteiger partial charge in [-0.15, -0.1) is 0 Å². The van der Waals surface area contributed by atoms with Crippen molar-refractivity contribution < 1.29 is 14.7 Å². The maximum Gasteiger partial charge on any atom is 0.387 e. The molecule has 0 fully saturated rings. The van der Waals surface area contributed by atoms with Crippen LogP contribution in [0.2, 0.25) is 0 Å². The fraction of sp³-hybridized carbons (Fsp3) is 0. The predicted octanol–water partition coefficient (Wildman–Crippen LogP) is 1.76. The molecule has 0 aliphatic rings. The smallest absolute Gasteiger partial charge is 0.241 e. The van der Waals surface area contributed by atoms with E-state index in [2.05, 4.69) is 0 Å². The normalized spacial score (nSPS) is 9.87. The standard InChI is InChI=1S/C11H10N2O2/c14-13(15)11-7-3-2-6-10(11)12-8-4-1-5-9-12/h1-9H,(H,14,15)/q+2. The van der Waals surface area contributed by atoms with Crippen LogP contribution in [0.15, 0.2) is 54.9 Å². The van der Waals surface area contributed by atoms with Gasteiger partial charge in [-0.25, -0.2) is 5.21 Å². The Morgan fingerprint density at radius 3 is 2.33 bits per heavy atom. The minimum Gasteiger partial charge on any atom is -0.241 e. The number of aromatic nitrogens is 1. The maximum absolute atomic E-state index is 10.9. The van der Waals surface area contributed by atoms with E-state index in [1.54, 1.807) is 22.8 Å². The monoisotopic (exact) mass is 202 g/mol. The molecule has 2 rings (SSSR count). The van der Waals surface area contributed by atoms with Crippen LogP contribution in [-0.2, 0) is 0 Å². The molecule has 0 saturated heterocycles. The predicted molar refractivity (Wildman–Crippen MR) is 53.0 cm³/mol. The Labute approximate surface area is 86.6 Å². The molecule has 0 saturated carbocycles. The van der Waals surface area contributed by atoms with Gasteiger partial charge in [-0.05, 0) is 0 Å². The lowest BCUT2D eigenvalue weighted by Gasteiger charge is -1.93. The van der Waals surface area contributed by atoms with E-state index in [0.29, 0.717) is 5.69 Å². The summed E-state index contributed by atoms with van der Waals surface area (Å²) in [5, 5.41) is 8.93. The van der Waals surface area contributed by atoms with E-state index < -0.39 is 0 Å². The Kier molecular flexibility index (Phi) is 2.41. The van der Waals surface area contributed by atoms with Crippen LogP contribution in [0.3, 0.4) is 0 Å². The summed E-state index contributed by atoms with van der Waals surface area (Å²) in [4.78, 5) is 10.8. The Hall–Kier alpha value is -2.23. The largest absolute Gasteiger partial charge is 0.387 e. The molecule has 1 aromatic carbocycles. The molecule has 0 amide bonds. The summed E-state index contributed by atoms with van der Waals surface area (Å²) in [6, 6.07) is 12.4. The van der Waals surface area contributed by atoms with Gasteiger partial charge in [0, 0.05) is 24.3 Å². The van der Waals surface area contributed by atoms with Crippen molar-refractivity contribution in [2.75, 3.05) is 0 Å². The summed E-state index contributed by atoms with van der Waals surface area (Å²) in [7, 11) is 0. The van der Waals surface area contributed by atoms with Gasteiger partial charge in [0.2, 0.25) is 0 Å². The van der Waals surface area contributed by atoms with Crippen LogP contribution in [0, 0.1) is 4.91 Å². The van der Waals surface area contributed by atoms with E-state index in [-0.39, 0.29) is 10.6 Å². The third-order valence-electron chi connectivity index (χ3n) is 2.08. The number of rotatable bonds is 2. The van der Waals surface area contributed by atoms with Crippen molar-refractivity contribution in [3.63, 3.8) is 0 Å². The van der Waals surface area contributed by atoms with Gasteiger partial charge in [0.1, 0.15) is 0 Å². The number of hydrogen-bond acceptors (Lipinski definition) is 1. The van der Waals surface area contributed by atoms with E-state index in [9.17, 15) is 4.91 Å². The highest BCUT2D eigenvalue weighted by Gasteiger charge is 2.24. The SMILES string of the molecule is O=[N+](O)c1ccccc1-[n+]1ccccc1. The van der Waals surface area contributed by atoms with Gasteiger partial charge in [-0.1, -0.05) is 18.2 Å². The molecule has 0 aliphatic heterocycles. The van der Waals surface area contributed by atoms with Gasteiger partial charge < -0.3 is 0 Å². The fourth-order valence-corrected chi connectivity index (χ4v) is 1.40. The lowest BCUT2D eigenvalue weighted by atomic mass is 10.2. The van der Waals surface area contributed by atoms with Gasteiger partial charge in [0.05, 0.1) is 4.91 Å². The summed E-state index contributed by atoms with van der Waals surface area (Å²) < 4.78 is 1.76. The first-order chi connectivity index (χ1) is 7.29. The first-order valence-corrected chi connectivity index (χ1v) is 4.51. The Morgan fingerprint density at radius 1 is 1.00 bits per heavy atom. The van der Waals surface area contributed by atoms with Gasteiger partial charge in [0.25, 0.3) is 10.6 Å². The van der Waals surface area contributed by atoms with Crippen molar-refractivity contribution in [1.82, 2.24) is 0 Å². The Morgan fingerprint density at radius 2 is 1.67 bits per heavy atom. The Bertz CT molecular complexity index is 483. The minimum atomic E-state index is -0.130. The Balaban J connectivity index is 2.58. The highest BCUT2D eigenvalue weighted by atomic mass is 16.6. The summed E-state index contributed by atoms with van der Waals surface area (Å²) in [6.45, 7) is 0. The number of nitrogens with zero attached hydrogens (tertiary/aromatic N) is 2. The van der Waals surface area contributed by atoms with E-state index in [1.807, 2.05) is 36.7 Å². The second kappa shape index (κ2) is 3.88. The first-order valence-electron chi connectivity index (χ1n) is 4.51. The fourth-order valence-electron chi connectivity index (χ4n) is 1.40. The molecule has 1 heterocycles. The minimum absolute atomic E-state index is 0.130. The molecular weight excluding hydrogens is 192 g/mol. The highest BCUT2D eigenvalue weighted by Crippen LogP contribution is 2.16. The van der Waals surface area contributed by atoms with E-state index in [1.165, 1.54) is 0 Å². The summed E-state index contributed by atoms with van der Waals surface area (Å²) >= 11 is 0. The molecule has 0 atom stereocenters. The third kappa shape index (κ3) is 1.83. The molecule has 74 valence electrons. The molecule has 0 radical (unpaired) electrons. The molecule has 1 aromatic heterocycles. The third-order valence-corrected chi connectivity index (χ3v) is 2.08. The molecule has 1 N–H and O–H groups in total. The van der Waals surface area contributed by atoms with E-state index in [0.717, 1.165) is 0 Å². The molecule has 4 heteroatoms. The lowest BCUT2D eigenvalue weighted by molar-refractivity contribution is -0.735. The zero-order valence-electron chi connectivity index (χ0n) is 7.95. The van der Waals surface area contributed by atoms with E-state index in [4.69, 9.17) is 5.21 Å². The first kappa shape index (κ1) is 9.33. The van der Waals surface area contributed by atoms with Crippen molar-refractivity contribution in [3.05, 3.63) is 59.8 Å². The topological polar surface area (TPSA) is 44.2 Å². The van der Waals surface area contributed by atoms with Crippen LogP contribution in [0.1, 0.15) is 0 Å². The summed E-state index contributed by atoms with van der Waals surface area (Å²) in [6.07, 6.45) is 3.62. The molecule has 0 aliphatic carbocycles. The summed E-state index contributed by atoms with van der Waals surface area (Å²) in [5.41, 5.74) is 0.851. The van der Waals surface area contributed by atoms with Crippen LogP contribution in [0.25, 0.3) is 5.69 Å². The zero-order valence-corrected chi connectivity index (χ0v) is 7.95. The average Bonchev–Trinajstić information content (AvgIpc) is 2.30. The van der Waals surface area contributed by atoms with Gasteiger partial charge >= 0.3 is 5.69 Å². The van der Waals surface area contributed by atoms with Crippen molar-refractivity contribution in [3.8, 4) is 5.69 Å². The lowest BCUT2D eigenvalue weighted by Crippen LogP contribution is -2.30. The quantitative estimate of drug-likeness (QED) is 0.595. The van der Waals surface area contributed by atoms with Crippen LogP contribution < -0.4 is 4.57 Å². The molecule has 0 bridgehead atoms. The second-order valence-electron chi connectivity index (χ2n) is 3.04. The van der Waals surface area contributed by atoms with Crippen molar-refractivity contribution in [2.45, 2.75) is 0 Å². The molecule has 4 nitrogen and oxygen atoms in total. The van der Waals surface area contributed by atoms with Crippen molar-refractivity contribution in [2.24, 2.45) is 0 Å². The number of hydrogen-bond donors (Lipinski definition) is 1. The number of para-hydroxylation sites is 2. The number of pyridine rings is 1. The van der Waals surface area contributed by atoms with Crippen molar-refractivity contribution >= 4 is 5.69 Å². The van der Waals surface area contributed by atoms with Crippen LogP contribution in [0.5, 0.6) is 0 Å².